The standard InChI is InChI=1S/C24H29IN2O/c1-19(2)24(18-28)27(15-21-11-7-4-8-12-21)17-23-13-22(25)16-26(23)14-20-9-5-3-6-10-20/h3-13,16,19,24,28H,14-15,17-18H2,1-2H3. The molecule has 0 aliphatic carbocycles. The molecule has 1 N–H and O–H groups in total. The summed E-state index contributed by atoms with van der Waals surface area (Å²) in [7, 11) is 0. The first kappa shape index (κ1) is 21.1. The van der Waals surface area contributed by atoms with Gasteiger partial charge in [-0.05, 0) is 45.7 Å². The number of aliphatic hydroxyl groups excluding tert-OH is 1. The van der Waals surface area contributed by atoms with Crippen molar-refractivity contribution in [2.24, 2.45) is 5.92 Å². The van der Waals surface area contributed by atoms with Crippen LogP contribution in [-0.4, -0.2) is 27.2 Å². The molecular weight excluding hydrogens is 459 g/mol. The molecule has 4 heteroatoms. The second-order valence-electron chi connectivity index (χ2n) is 7.65. The van der Waals surface area contributed by atoms with E-state index in [1.807, 2.05) is 6.07 Å². The molecule has 0 saturated carbocycles. The number of halogens is 1. The molecule has 1 atom stereocenters. The Morgan fingerprint density at radius 3 is 2.11 bits per heavy atom. The van der Waals surface area contributed by atoms with Gasteiger partial charge in [0.25, 0.3) is 0 Å². The zero-order chi connectivity index (χ0) is 19.9. The maximum atomic E-state index is 10.1. The Balaban J connectivity index is 1.85. The molecule has 0 bridgehead atoms. The van der Waals surface area contributed by atoms with Crippen LogP contribution in [0, 0.1) is 9.49 Å². The Labute approximate surface area is 182 Å². The van der Waals surface area contributed by atoms with Crippen molar-refractivity contribution in [2.75, 3.05) is 6.61 Å². The first-order valence-corrected chi connectivity index (χ1v) is 10.9. The van der Waals surface area contributed by atoms with E-state index in [1.54, 1.807) is 0 Å². The van der Waals surface area contributed by atoms with Gasteiger partial charge in [0.15, 0.2) is 0 Å². The van der Waals surface area contributed by atoms with E-state index in [4.69, 9.17) is 0 Å². The fourth-order valence-electron chi connectivity index (χ4n) is 3.64. The molecule has 0 saturated heterocycles. The van der Waals surface area contributed by atoms with E-state index in [0.717, 1.165) is 19.6 Å². The lowest BCUT2D eigenvalue weighted by Gasteiger charge is -2.33. The molecule has 1 heterocycles. The van der Waals surface area contributed by atoms with Crippen LogP contribution < -0.4 is 0 Å². The van der Waals surface area contributed by atoms with Crippen molar-refractivity contribution in [3.63, 3.8) is 0 Å². The lowest BCUT2D eigenvalue weighted by molar-refractivity contribution is 0.0766. The molecule has 148 valence electrons. The molecule has 28 heavy (non-hydrogen) atoms. The monoisotopic (exact) mass is 488 g/mol. The third-order valence-corrected chi connectivity index (χ3v) is 5.76. The summed E-state index contributed by atoms with van der Waals surface area (Å²) in [4.78, 5) is 2.41. The van der Waals surface area contributed by atoms with Crippen LogP contribution in [0.5, 0.6) is 0 Å². The molecule has 2 aromatic carbocycles. The number of hydrogen-bond acceptors (Lipinski definition) is 2. The lowest BCUT2D eigenvalue weighted by Crippen LogP contribution is -2.41. The molecular formula is C24H29IN2O. The molecule has 0 aliphatic heterocycles. The summed E-state index contributed by atoms with van der Waals surface area (Å²) in [5, 5.41) is 10.1. The van der Waals surface area contributed by atoms with Crippen LogP contribution in [0.1, 0.15) is 30.7 Å². The zero-order valence-electron chi connectivity index (χ0n) is 16.6. The number of hydrogen-bond donors (Lipinski definition) is 1. The van der Waals surface area contributed by atoms with Crippen LogP contribution in [0.25, 0.3) is 0 Å². The van der Waals surface area contributed by atoms with Gasteiger partial charge in [-0.1, -0.05) is 74.5 Å². The Hall–Kier alpha value is -1.63. The summed E-state index contributed by atoms with van der Waals surface area (Å²) in [6.07, 6.45) is 2.22. The predicted molar refractivity (Wildman–Crippen MR) is 124 cm³/mol. The molecule has 0 aliphatic rings. The first-order chi connectivity index (χ1) is 13.6. The van der Waals surface area contributed by atoms with Crippen LogP contribution >= 0.6 is 22.6 Å². The van der Waals surface area contributed by atoms with Crippen molar-refractivity contribution in [2.45, 2.75) is 39.5 Å². The Morgan fingerprint density at radius 2 is 1.54 bits per heavy atom. The fraction of sp³-hybridized carbons (Fsp3) is 0.333. The summed E-state index contributed by atoms with van der Waals surface area (Å²) in [5.41, 5.74) is 3.86. The van der Waals surface area contributed by atoms with Crippen molar-refractivity contribution in [3.05, 3.63) is 93.3 Å². The van der Waals surface area contributed by atoms with Crippen molar-refractivity contribution in [1.29, 1.82) is 0 Å². The third-order valence-electron chi connectivity index (χ3n) is 5.17. The van der Waals surface area contributed by atoms with Gasteiger partial charge in [-0.15, -0.1) is 0 Å². The van der Waals surface area contributed by atoms with E-state index < -0.39 is 0 Å². The minimum atomic E-state index is 0.123. The Bertz CT molecular complexity index is 846. The lowest BCUT2D eigenvalue weighted by atomic mass is 10.0. The molecule has 0 spiro atoms. The van der Waals surface area contributed by atoms with Crippen LogP contribution in [0.2, 0.25) is 0 Å². The van der Waals surface area contributed by atoms with Crippen molar-refractivity contribution in [1.82, 2.24) is 9.47 Å². The second-order valence-corrected chi connectivity index (χ2v) is 8.89. The minimum absolute atomic E-state index is 0.123. The van der Waals surface area contributed by atoms with E-state index in [9.17, 15) is 5.11 Å². The molecule has 3 nitrogen and oxygen atoms in total. The smallest absolute Gasteiger partial charge is 0.0589 e. The maximum absolute atomic E-state index is 10.1. The molecule has 3 aromatic rings. The summed E-state index contributed by atoms with van der Waals surface area (Å²) >= 11 is 2.39. The minimum Gasteiger partial charge on any atom is -0.395 e. The average Bonchev–Trinajstić information content (AvgIpc) is 3.02. The van der Waals surface area contributed by atoms with Gasteiger partial charge in [0, 0.05) is 41.1 Å². The summed E-state index contributed by atoms with van der Waals surface area (Å²) in [5.74, 6) is 0.380. The topological polar surface area (TPSA) is 28.4 Å². The van der Waals surface area contributed by atoms with E-state index in [0.29, 0.717) is 5.92 Å². The summed E-state index contributed by atoms with van der Waals surface area (Å²) in [6.45, 7) is 7.05. The van der Waals surface area contributed by atoms with Gasteiger partial charge in [-0.25, -0.2) is 0 Å². The van der Waals surface area contributed by atoms with Crippen molar-refractivity contribution < 1.29 is 5.11 Å². The first-order valence-electron chi connectivity index (χ1n) is 9.84. The quantitative estimate of drug-likeness (QED) is 0.422. The van der Waals surface area contributed by atoms with Gasteiger partial charge in [-0.2, -0.15) is 0 Å². The maximum Gasteiger partial charge on any atom is 0.0589 e. The molecule has 1 unspecified atom stereocenters. The second kappa shape index (κ2) is 10.2. The van der Waals surface area contributed by atoms with Crippen LogP contribution in [-0.2, 0) is 19.6 Å². The van der Waals surface area contributed by atoms with E-state index >= 15 is 0 Å². The highest BCUT2D eigenvalue weighted by Gasteiger charge is 2.23. The molecule has 0 amide bonds. The van der Waals surface area contributed by atoms with Gasteiger partial charge < -0.3 is 9.67 Å². The van der Waals surface area contributed by atoms with Gasteiger partial charge in [0.2, 0.25) is 0 Å². The fourth-order valence-corrected chi connectivity index (χ4v) is 4.33. The van der Waals surface area contributed by atoms with Crippen LogP contribution in [0.15, 0.2) is 72.9 Å². The van der Waals surface area contributed by atoms with E-state index in [2.05, 4.69) is 113 Å². The highest BCUT2D eigenvalue weighted by atomic mass is 127. The molecule has 3 rings (SSSR count). The van der Waals surface area contributed by atoms with Crippen LogP contribution in [0.3, 0.4) is 0 Å². The highest BCUT2D eigenvalue weighted by Crippen LogP contribution is 2.21. The van der Waals surface area contributed by atoms with Gasteiger partial charge >= 0.3 is 0 Å². The Morgan fingerprint density at radius 1 is 0.929 bits per heavy atom. The van der Waals surface area contributed by atoms with Gasteiger partial charge in [-0.3, -0.25) is 4.90 Å². The van der Waals surface area contributed by atoms with Crippen molar-refractivity contribution in [3.8, 4) is 0 Å². The number of aromatic nitrogens is 1. The van der Waals surface area contributed by atoms with Crippen molar-refractivity contribution >= 4 is 22.6 Å². The SMILES string of the molecule is CC(C)C(CO)N(Cc1ccccc1)Cc1cc(I)cn1Cc1ccccc1. The normalized spacial score (nSPS) is 12.6. The largest absolute Gasteiger partial charge is 0.395 e. The number of nitrogens with zero attached hydrogens (tertiary/aromatic N) is 2. The van der Waals surface area contributed by atoms with Gasteiger partial charge in [0.05, 0.1) is 6.61 Å². The van der Waals surface area contributed by atoms with E-state index in [-0.39, 0.29) is 12.6 Å². The molecule has 0 radical (unpaired) electrons. The summed E-state index contributed by atoms with van der Waals surface area (Å²) < 4.78 is 3.58. The Kier molecular flexibility index (Phi) is 7.71. The van der Waals surface area contributed by atoms with Gasteiger partial charge in [0.1, 0.15) is 0 Å². The number of benzene rings is 2. The number of rotatable bonds is 9. The highest BCUT2D eigenvalue weighted by molar-refractivity contribution is 14.1. The zero-order valence-corrected chi connectivity index (χ0v) is 18.8. The molecule has 1 aromatic heterocycles. The average molecular weight is 488 g/mol. The third kappa shape index (κ3) is 5.69. The summed E-state index contributed by atoms with van der Waals surface area (Å²) in [6, 6.07) is 23.5. The predicted octanol–water partition coefficient (Wildman–Crippen LogP) is 5.16. The van der Waals surface area contributed by atoms with Crippen LogP contribution in [0.4, 0.5) is 0 Å². The van der Waals surface area contributed by atoms with E-state index in [1.165, 1.54) is 20.4 Å². The number of aliphatic hydroxyl groups is 1. The molecule has 0 fully saturated rings.